The average molecular weight is 694 g/mol. The van der Waals surface area contributed by atoms with Crippen molar-refractivity contribution in [1.82, 2.24) is 14.5 Å². The minimum Gasteiger partial charge on any atom is -0.444 e. The molecule has 1 atom stereocenters. The molecule has 2 saturated heterocycles. The Morgan fingerprint density at radius 3 is 2.60 bits per heavy atom. The van der Waals surface area contributed by atoms with E-state index in [4.69, 9.17) is 28.7 Å². The number of nitrogens with zero attached hydrogens (tertiary/aromatic N) is 4. The molecule has 3 aromatic rings. The molecule has 1 unspecified atom stereocenters. The van der Waals surface area contributed by atoms with Crippen LogP contribution < -0.4 is 15.8 Å². The lowest BCUT2D eigenvalue weighted by Crippen LogP contribution is -2.40. The van der Waals surface area contributed by atoms with Gasteiger partial charge in [0.25, 0.3) is 5.56 Å². The molecule has 0 aliphatic carbocycles. The predicted molar refractivity (Wildman–Crippen MR) is 195 cm³/mol. The molecule has 5 rings (SSSR count). The van der Waals surface area contributed by atoms with Crippen molar-refractivity contribution in [3.05, 3.63) is 64.1 Å². The normalized spacial score (nSPS) is 16.1. The first kappa shape index (κ1) is 37.5. The number of benzene rings is 1. The van der Waals surface area contributed by atoms with Crippen LogP contribution in [0.4, 0.5) is 16.2 Å². The third kappa shape index (κ3) is 10.6. The van der Waals surface area contributed by atoms with Crippen LogP contribution in [0.25, 0.3) is 11.0 Å². The van der Waals surface area contributed by atoms with Gasteiger partial charge in [0, 0.05) is 63.1 Å². The highest BCUT2D eigenvalue weighted by Crippen LogP contribution is 2.29. The number of amides is 1. The van der Waals surface area contributed by atoms with Gasteiger partial charge >= 0.3 is 6.09 Å². The number of hydrogen-bond donors (Lipinski definition) is 1. The number of anilines is 2. The van der Waals surface area contributed by atoms with Crippen molar-refractivity contribution in [2.75, 3.05) is 69.9 Å². The van der Waals surface area contributed by atoms with E-state index in [-0.39, 0.29) is 24.0 Å². The molecular weight excluding hydrogens is 638 g/mol. The molecule has 1 N–H and O–H groups in total. The lowest BCUT2D eigenvalue weighted by molar-refractivity contribution is -0.0480. The Kier molecular flexibility index (Phi) is 13.5. The molecule has 0 bridgehead atoms. The van der Waals surface area contributed by atoms with Crippen molar-refractivity contribution in [2.24, 2.45) is 0 Å². The summed E-state index contributed by atoms with van der Waals surface area (Å²) in [5.74, 6) is 0. The molecular formula is C38H55N5O7. The lowest BCUT2D eigenvalue weighted by atomic mass is 10.0. The Hall–Kier alpha value is -3.71. The minimum absolute atomic E-state index is 0.0104. The van der Waals surface area contributed by atoms with E-state index in [0.29, 0.717) is 83.6 Å². The summed E-state index contributed by atoms with van der Waals surface area (Å²) in [7, 11) is 1.74. The molecule has 50 heavy (non-hydrogen) atoms. The molecule has 12 nitrogen and oxygen atoms in total. The molecule has 0 radical (unpaired) electrons. The van der Waals surface area contributed by atoms with E-state index < -0.39 is 5.60 Å². The van der Waals surface area contributed by atoms with Crippen LogP contribution in [0.2, 0.25) is 0 Å². The Labute approximate surface area is 296 Å². The van der Waals surface area contributed by atoms with Crippen LogP contribution in [-0.4, -0.2) is 92.2 Å². The van der Waals surface area contributed by atoms with Gasteiger partial charge in [0.15, 0.2) is 6.29 Å². The average Bonchev–Trinajstić information content (AvgIpc) is 3.62. The molecule has 2 aliphatic heterocycles. The fourth-order valence-corrected chi connectivity index (χ4v) is 6.24. The lowest BCUT2D eigenvalue weighted by Gasteiger charge is -2.29. The molecule has 274 valence electrons. The van der Waals surface area contributed by atoms with E-state index in [1.54, 1.807) is 18.1 Å². The third-order valence-electron chi connectivity index (χ3n) is 8.91. The second kappa shape index (κ2) is 18.0. The van der Waals surface area contributed by atoms with Gasteiger partial charge in [-0.2, -0.15) is 0 Å². The number of fused-ring (bicyclic) bond motifs is 1. The van der Waals surface area contributed by atoms with Gasteiger partial charge < -0.3 is 38.8 Å². The maximum atomic E-state index is 13.9. The predicted octanol–water partition coefficient (Wildman–Crippen LogP) is 6.11. The Balaban J connectivity index is 1.24. The third-order valence-corrected chi connectivity index (χ3v) is 8.91. The molecule has 2 aromatic heterocycles. The minimum atomic E-state index is -0.515. The van der Waals surface area contributed by atoms with Crippen LogP contribution >= 0.6 is 0 Å². The zero-order valence-electron chi connectivity index (χ0n) is 30.4. The van der Waals surface area contributed by atoms with Crippen molar-refractivity contribution < 1.29 is 28.5 Å². The number of hydrogen-bond acceptors (Lipinski definition) is 10. The van der Waals surface area contributed by atoms with Gasteiger partial charge in [0.05, 0.1) is 33.0 Å². The molecule has 1 aromatic carbocycles. The summed E-state index contributed by atoms with van der Waals surface area (Å²) in [5, 5.41) is 4.63. The van der Waals surface area contributed by atoms with Gasteiger partial charge in [0.2, 0.25) is 0 Å². The summed E-state index contributed by atoms with van der Waals surface area (Å²) in [6, 6.07) is 12.3. The van der Waals surface area contributed by atoms with Gasteiger partial charge in [-0.05, 0) is 76.6 Å². The van der Waals surface area contributed by atoms with Gasteiger partial charge in [-0.15, -0.1) is 0 Å². The number of carbonyl (C=O) groups is 1. The largest absolute Gasteiger partial charge is 0.444 e. The maximum Gasteiger partial charge on any atom is 0.410 e. The first-order valence-corrected chi connectivity index (χ1v) is 18.0. The molecule has 2 aliphatic rings. The highest BCUT2D eigenvalue weighted by molar-refractivity contribution is 5.91. The first-order valence-electron chi connectivity index (χ1n) is 18.0. The van der Waals surface area contributed by atoms with E-state index in [1.165, 1.54) is 0 Å². The van der Waals surface area contributed by atoms with Gasteiger partial charge in [-0.3, -0.25) is 9.36 Å². The summed E-state index contributed by atoms with van der Waals surface area (Å²) in [5.41, 5.74) is 3.97. The first-order chi connectivity index (χ1) is 24.1. The second-order valence-corrected chi connectivity index (χ2v) is 14.1. The number of aromatic nitrogens is 2. The summed E-state index contributed by atoms with van der Waals surface area (Å²) in [4.78, 5) is 34.6. The van der Waals surface area contributed by atoms with Crippen LogP contribution in [0.1, 0.15) is 77.0 Å². The van der Waals surface area contributed by atoms with Crippen molar-refractivity contribution >= 4 is 28.5 Å². The van der Waals surface area contributed by atoms with Crippen molar-refractivity contribution in [1.29, 1.82) is 0 Å². The Bertz CT molecular complexity index is 1590. The summed E-state index contributed by atoms with van der Waals surface area (Å²) in [6.07, 6.45) is 5.74. The van der Waals surface area contributed by atoms with Gasteiger partial charge in [-0.1, -0.05) is 30.7 Å². The fourth-order valence-electron chi connectivity index (χ4n) is 6.24. The molecule has 12 heteroatoms. The maximum absolute atomic E-state index is 13.9. The number of ether oxygens (including phenoxy) is 5. The SMILES string of the molecule is CC(Nc1ccnc2c1cc(N1CCOCC1)c(=O)n2CCCCCC1OCCO1)c1cccc(COCCCN(C)C(=O)OC(C)(C)C)c1. The quantitative estimate of drug-likeness (QED) is 0.176. The fraction of sp³-hybridized carbons (Fsp3) is 0.605. The Morgan fingerprint density at radius 2 is 1.84 bits per heavy atom. The van der Waals surface area contributed by atoms with Crippen LogP contribution in [-0.2, 0) is 36.8 Å². The number of rotatable bonds is 16. The molecule has 4 heterocycles. The number of nitrogens with one attached hydrogen (secondary N) is 1. The van der Waals surface area contributed by atoms with E-state index in [2.05, 4.69) is 35.3 Å². The van der Waals surface area contributed by atoms with Crippen LogP contribution in [0.5, 0.6) is 0 Å². The van der Waals surface area contributed by atoms with Crippen LogP contribution in [0.15, 0.2) is 47.4 Å². The molecule has 0 spiro atoms. The number of morpholine rings is 1. The van der Waals surface area contributed by atoms with E-state index >= 15 is 0 Å². The summed E-state index contributed by atoms with van der Waals surface area (Å²) in [6.45, 7) is 13.8. The van der Waals surface area contributed by atoms with Gasteiger partial charge in [0.1, 0.15) is 16.9 Å². The summed E-state index contributed by atoms with van der Waals surface area (Å²) < 4.78 is 30.0. The van der Waals surface area contributed by atoms with Crippen LogP contribution in [0.3, 0.4) is 0 Å². The highest BCUT2D eigenvalue weighted by atomic mass is 16.7. The van der Waals surface area contributed by atoms with E-state index in [9.17, 15) is 9.59 Å². The van der Waals surface area contributed by atoms with E-state index in [0.717, 1.165) is 47.9 Å². The zero-order chi connectivity index (χ0) is 35.5. The number of carbonyl (C=O) groups excluding carboxylic acids is 1. The highest BCUT2D eigenvalue weighted by Gasteiger charge is 2.22. The van der Waals surface area contributed by atoms with Crippen LogP contribution in [0, 0.1) is 0 Å². The number of aryl methyl sites for hydroxylation is 1. The summed E-state index contributed by atoms with van der Waals surface area (Å²) >= 11 is 0. The molecule has 0 saturated carbocycles. The van der Waals surface area contributed by atoms with Crippen molar-refractivity contribution in [3.63, 3.8) is 0 Å². The standard InChI is InChI=1S/C38H55N5O7/c1-28(30-12-9-11-29(25-30)27-47-20-10-16-41(5)37(45)50-38(2,3)4)40-32-14-15-39-35-31(32)26-33(42-18-21-46-22-19-42)36(44)43(35)17-8-6-7-13-34-48-23-24-49-34/h9,11-12,14-15,25-26,28,34H,6-8,10,13,16-24,27H2,1-5H3,(H,39,40). The Morgan fingerprint density at radius 1 is 1.06 bits per heavy atom. The number of pyridine rings is 2. The van der Waals surface area contributed by atoms with Crippen molar-refractivity contribution in [2.45, 2.75) is 90.9 Å². The van der Waals surface area contributed by atoms with E-state index in [1.807, 2.05) is 43.5 Å². The molecule has 2 fully saturated rings. The smallest absolute Gasteiger partial charge is 0.410 e. The monoisotopic (exact) mass is 693 g/mol. The zero-order valence-corrected chi connectivity index (χ0v) is 30.4. The second-order valence-electron chi connectivity index (χ2n) is 14.1. The topological polar surface area (TPSA) is 117 Å². The van der Waals surface area contributed by atoms with Gasteiger partial charge in [-0.25, -0.2) is 9.78 Å². The number of unbranched alkanes of at least 4 members (excludes halogenated alkanes) is 2. The molecule has 1 amide bonds. The van der Waals surface area contributed by atoms with Crippen molar-refractivity contribution in [3.8, 4) is 0 Å².